The molecule has 2 N–H and O–H groups in total. The lowest BCUT2D eigenvalue weighted by molar-refractivity contribution is 1.55. The van der Waals surface area contributed by atoms with Gasteiger partial charge in [0.15, 0.2) is 0 Å². The van der Waals surface area contributed by atoms with Gasteiger partial charge in [0, 0.05) is 26.0 Å². The maximum Gasteiger partial charge on any atom is 0.0402 e. The van der Waals surface area contributed by atoms with E-state index in [1.165, 1.54) is 20.5 Å². The van der Waals surface area contributed by atoms with Crippen LogP contribution in [0.15, 0.2) is 18.2 Å². The SMILES string of the molecule is Cc1ccc(N)c2cc(CBr)sc12. The van der Waals surface area contributed by atoms with Crippen LogP contribution in [0.25, 0.3) is 10.1 Å². The number of anilines is 1. The Morgan fingerprint density at radius 1 is 1.46 bits per heavy atom. The van der Waals surface area contributed by atoms with Crippen LogP contribution in [0.4, 0.5) is 5.69 Å². The van der Waals surface area contributed by atoms with Crippen LogP contribution in [0.3, 0.4) is 0 Å². The van der Waals surface area contributed by atoms with Crippen LogP contribution in [0.5, 0.6) is 0 Å². The number of benzene rings is 1. The second kappa shape index (κ2) is 3.31. The predicted molar refractivity (Wildman–Crippen MR) is 63.6 cm³/mol. The zero-order valence-electron chi connectivity index (χ0n) is 7.30. The first kappa shape index (κ1) is 9.03. The molecular formula is C10H10BrNS. The van der Waals surface area contributed by atoms with E-state index in [9.17, 15) is 0 Å². The van der Waals surface area contributed by atoms with E-state index in [0.717, 1.165) is 11.0 Å². The number of alkyl halides is 1. The Balaban J connectivity index is 2.80. The maximum atomic E-state index is 5.88. The summed E-state index contributed by atoms with van der Waals surface area (Å²) in [5.74, 6) is 0. The number of thiophene rings is 1. The third-order valence-electron chi connectivity index (χ3n) is 2.10. The summed E-state index contributed by atoms with van der Waals surface area (Å²) in [7, 11) is 0. The predicted octanol–water partition coefficient (Wildman–Crippen LogP) is 3.69. The van der Waals surface area contributed by atoms with E-state index in [-0.39, 0.29) is 0 Å². The molecule has 0 saturated carbocycles. The largest absolute Gasteiger partial charge is 0.398 e. The van der Waals surface area contributed by atoms with E-state index in [2.05, 4.69) is 35.0 Å². The average molecular weight is 256 g/mol. The lowest BCUT2D eigenvalue weighted by Crippen LogP contribution is -1.84. The first-order valence-electron chi connectivity index (χ1n) is 4.06. The van der Waals surface area contributed by atoms with E-state index in [0.29, 0.717) is 0 Å². The fraction of sp³-hybridized carbons (Fsp3) is 0.200. The molecule has 3 heteroatoms. The molecule has 1 aromatic carbocycles. The monoisotopic (exact) mass is 255 g/mol. The Labute approximate surface area is 89.7 Å². The Kier molecular flexibility index (Phi) is 2.30. The van der Waals surface area contributed by atoms with E-state index >= 15 is 0 Å². The number of fused-ring (bicyclic) bond motifs is 1. The molecule has 68 valence electrons. The van der Waals surface area contributed by atoms with Gasteiger partial charge in [-0.1, -0.05) is 22.0 Å². The summed E-state index contributed by atoms with van der Waals surface area (Å²) in [6.45, 7) is 2.12. The van der Waals surface area contributed by atoms with Crippen molar-refractivity contribution in [3.63, 3.8) is 0 Å². The molecule has 0 amide bonds. The standard InChI is InChI=1S/C10H10BrNS/c1-6-2-3-9(12)8-4-7(5-11)13-10(6)8/h2-4H,5,12H2,1H3. The summed E-state index contributed by atoms with van der Waals surface area (Å²) < 4.78 is 1.31. The van der Waals surface area contributed by atoms with Crippen molar-refractivity contribution in [2.45, 2.75) is 12.3 Å². The molecule has 0 atom stereocenters. The van der Waals surface area contributed by atoms with Gasteiger partial charge in [0.05, 0.1) is 0 Å². The Morgan fingerprint density at radius 3 is 2.85 bits per heavy atom. The van der Waals surface area contributed by atoms with E-state index < -0.39 is 0 Å². The van der Waals surface area contributed by atoms with Crippen LogP contribution in [-0.2, 0) is 5.33 Å². The molecule has 0 spiro atoms. The Hall–Kier alpha value is -0.540. The van der Waals surface area contributed by atoms with Gasteiger partial charge in [-0.05, 0) is 24.6 Å². The summed E-state index contributed by atoms with van der Waals surface area (Å²) in [6, 6.07) is 6.21. The van der Waals surface area contributed by atoms with Crippen LogP contribution in [0.2, 0.25) is 0 Å². The smallest absolute Gasteiger partial charge is 0.0402 e. The molecule has 1 aromatic heterocycles. The van der Waals surface area contributed by atoms with Gasteiger partial charge in [-0.3, -0.25) is 0 Å². The number of halogens is 1. The van der Waals surface area contributed by atoms with Crippen molar-refractivity contribution in [3.05, 3.63) is 28.6 Å². The molecular weight excluding hydrogens is 246 g/mol. The van der Waals surface area contributed by atoms with Crippen LogP contribution in [-0.4, -0.2) is 0 Å². The van der Waals surface area contributed by atoms with Gasteiger partial charge < -0.3 is 5.73 Å². The Morgan fingerprint density at radius 2 is 2.23 bits per heavy atom. The average Bonchev–Trinajstić information content (AvgIpc) is 2.56. The van der Waals surface area contributed by atoms with Crippen molar-refractivity contribution in [1.82, 2.24) is 0 Å². The van der Waals surface area contributed by atoms with E-state index in [1.54, 1.807) is 0 Å². The van der Waals surface area contributed by atoms with Gasteiger partial charge >= 0.3 is 0 Å². The van der Waals surface area contributed by atoms with Crippen LogP contribution in [0.1, 0.15) is 10.4 Å². The van der Waals surface area contributed by atoms with Crippen molar-refractivity contribution in [1.29, 1.82) is 0 Å². The summed E-state index contributed by atoms with van der Waals surface area (Å²) in [5, 5.41) is 2.10. The highest BCUT2D eigenvalue weighted by molar-refractivity contribution is 9.08. The minimum absolute atomic E-state index is 0.879. The molecule has 2 aromatic rings. The molecule has 0 bridgehead atoms. The fourth-order valence-corrected chi connectivity index (χ4v) is 2.91. The van der Waals surface area contributed by atoms with Gasteiger partial charge in [0.1, 0.15) is 0 Å². The minimum Gasteiger partial charge on any atom is -0.398 e. The second-order valence-corrected chi connectivity index (χ2v) is 4.76. The zero-order chi connectivity index (χ0) is 9.42. The van der Waals surface area contributed by atoms with Crippen molar-refractivity contribution in [2.24, 2.45) is 0 Å². The molecule has 0 aliphatic rings. The van der Waals surface area contributed by atoms with Gasteiger partial charge in [-0.2, -0.15) is 0 Å². The van der Waals surface area contributed by atoms with Gasteiger partial charge in [-0.15, -0.1) is 11.3 Å². The topological polar surface area (TPSA) is 26.0 Å². The van der Waals surface area contributed by atoms with Crippen molar-refractivity contribution >= 4 is 43.0 Å². The van der Waals surface area contributed by atoms with Crippen LogP contribution in [0, 0.1) is 6.92 Å². The fourth-order valence-electron chi connectivity index (χ4n) is 1.40. The lowest BCUT2D eigenvalue weighted by Gasteiger charge is -1.97. The highest BCUT2D eigenvalue weighted by atomic mass is 79.9. The quantitative estimate of drug-likeness (QED) is 0.611. The molecule has 1 nitrogen and oxygen atoms in total. The number of nitrogens with two attached hydrogens (primary N) is 1. The molecule has 0 radical (unpaired) electrons. The maximum absolute atomic E-state index is 5.88. The number of hydrogen-bond donors (Lipinski definition) is 1. The molecule has 0 fully saturated rings. The molecule has 0 aliphatic heterocycles. The number of nitrogen functional groups attached to an aromatic ring is 1. The molecule has 0 saturated heterocycles. The molecule has 2 rings (SSSR count). The van der Waals surface area contributed by atoms with Gasteiger partial charge in [-0.25, -0.2) is 0 Å². The minimum atomic E-state index is 0.879. The normalized spacial score (nSPS) is 10.9. The summed E-state index contributed by atoms with van der Waals surface area (Å²) >= 11 is 5.27. The molecule has 1 heterocycles. The molecule has 13 heavy (non-hydrogen) atoms. The van der Waals surface area contributed by atoms with Crippen LogP contribution < -0.4 is 5.73 Å². The van der Waals surface area contributed by atoms with Crippen molar-refractivity contribution < 1.29 is 0 Å². The number of rotatable bonds is 1. The van der Waals surface area contributed by atoms with E-state index in [1.807, 2.05) is 17.4 Å². The molecule has 0 unspecified atom stereocenters. The highest BCUT2D eigenvalue weighted by Crippen LogP contribution is 2.33. The third kappa shape index (κ3) is 1.46. The zero-order valence-corrected chi connectivity index (χ0v) is 9.71. The highest BCUT2D eigenvalue weighted by Gasteiger charge is 2.05. The summed E-state index contributed by atoms with van der Waals surface area (Å²) in [5.41, 5.74) is 8.07. The molecule has 0 aliphatic carbocycles. The van der Waals surface area contributed by atoms with E-state index in [4.69, 9.17) is 5.73 Å². The summed E-state index contributed by atoms with van der Waals surface area (Å²) in [4.78, 5) is 1.33. The van der Waals surface area contributed by atoms with Crippen molar-refractivity contribution in [2.75, 3.05) is 5.73 Å². The third-order valence-corrected chi connectivity index (χ3v) is 4.34. The second-order valence-electron chi connectivity index (χ2n) is 3.06. The summed E-state index contributed by atoms with van der Waals surface area (Å²) in [6.07, 6.45) is 0. The first-order valence-corrected chi connectivity index (χ1v) is 5.99. The van der Waals surface area contributed by atoms with Crippen LogP contribution >= 0.6 is 27.3 Å². The van der Waals surface area contributed by atoms with Gasteiger partial charge in [0.2, 0.25) is 0 Å². The lowest BCUT2D eigenvalue weighted by atomic mass is 10.1. The van der Waals surface area contributed by atoms with Crippen molar-refractivity contribution in [3.8, 4) is 0 Å². The Bertz CT molecular complexity index is 408. The van der Waals surface area contributed by atoms with Gasteiger partial charge in [0.25, 0.3) is 0 Å². The first-order chi connectivity index (χ1) is 6.22. The number of aryl methyl sites for hydroxylation is 1. The number of hydrogen-bond acceptors (Lipinski definition) is 2.